The molecule has 14 aromatic rings. The number of nitrogens with two attached hydrogens (primary N) is 2. The molecule has 0 fully saturated rings. The quantitative estimate of drug-likeness (QED) is 0.0205. The Hall–Kier alpha value is -7.28. The fraction of sp³-hybridized carbons (Fsp3) is 0.340. The van der Waals surface area contributed by atoms with Gasteiger partial charge in [0, 0.05) is 70.4 Å². The summed E-state index contributed by atoms with van der Waals surface area (Å²) in [5.74, 6) is 7.37. The summed E-state index contributed by atoms with van der Waals surface area (Å²) in [6, 6.07) is 41.4. The summed E-state index contributed by atoms with van der Waals surface area (Å²) < 4.78 is 76.1. The number of H-pyrrole nitrogens is 1. The van der Waals surface area contributed by atoms with Crippen molar-refractivity contribution in [3.05, 3.63) is 260 Å². The molecule has 0 aliphatic carbocycles. The largest absolute Gasteiger partial charge is 1.00 e. The molecule has 0 spiro atoms. The number of ether oxygens (including phenoxy) is 6. The maximum atomic E-state index is 12.1. The van der Waals surface area contributed by atoms with Gasteiger partial charge in [-0.2, -0.15) is 4.40 Å². The molecule has 0 aliphatic rings. The van der Waals surface area contributed by atoms with Crippen molar-refractivity contribution in [2.24, 2.45) is 15.3 Å². The van der Waals surface area contributed by atoms with Gasteiger partial charge in [-0.25, -0.2) is 48.3 Å². The van der Waals surface area contributed by atoms with Crippen LogP contribution in [-0.2, 0) is 32.8 Å². The second kappa shape index (κ2) is 58.5. The number of Topliss-reactive ketones (excluding diaryl/α,β-unsaturated/α-hetero) is 1. The van der Waals surface area contributed by atoms with Gasteiger partial charge in [-0.1, -0.05) is 62.3 Å². The first-order valence-corrected chi connectivity index (χ1v) is 50.8. The van der Waals surface area contributed by atoms with Crippen LogP contribution in [0.4, 0.5) is 11.6 Å². The van der Waals surface area contributed by atoms with Crippen molar-refractivity contribution in [2.45, 2.75) is 163 Å². The average Bonchev–Trinajstić information content (AvgIpc) is 1.73. The SMILES string of the molecule is C.CC(C)(C)S(N)=O.COc1cc(C(C)=NS(=O)C(C)(C)C)ccc1Br.COc1cc(C(C)=O)ccc1Br.COc1cc(C(C)CS(=O)C(C)(C)C)ccc1Br.COc1cc(C(C)N)ccc1Br.COc1cc(C(C)Nc2ncnc3sccc23)ccc1-n1cnc(C)c1.COc1cc(C(C)Nc2ncnc3sccc23)ccc1Br.Cc1cnc[nH]1.Clc1ncnc2sccc12.[B].[H-].[Na+]. The van der Waals surface area contributed by atoms with E-state index in [1.54, 1.807) is 126 Å². The van der Waals surface area contributed by atoms with Gasteiger partial charge in [0.1, 0.15) is 95.7 Å². The molecule has 0 aliphatic heterocycles. The van der Waals surface area contributed by atoms with Crippen molar-refractivity contribution in [1.82, 2.24) is 49.4 Å². The topological polar surface area (TPSA) is 336 Å². The summed E-state index contributed by atoms with van der Waals surface area (Å²) in [6.07, 6.45) is 11.9. The van der Waals surface area contributed by atoms with E-state index in [2.05, 4.69) is 179 Å². The van der Waals surface area contributed by atoms with E-state index < -0.39 is 32.8 Å². The zero-order valence-electron chi connectivity index (χ0n) is 79.4. The summed E-state index contributed by atoms with van der Waals surface area (Å²) in [5.41, 5.74) is 15.6. The van der Waals surface area contributed by atoms with Gasteiger partial charge in [0.2, 0.25) is 0 Å². The van der Waals surface area contributed by atoms with Crippen LogP contribution in [0.2, 0.25) is 5.15 Å². The molecule has 7 N–H and O–H groups in total. The number of methoxy groups -OCH3 is 6. The first-order chi connectivity index (χ1) is 61.4. The van der Waals surface area contributed by atoms with E-state index >= 15 is 0 Å². The van der Waals surface area contributed by atoms with Gasteiger partial charge in [-0.3, -0.25) is 14.1 Å². The molecular formula is C94H118BBr5ClN15NaO10S6. The van der Waals surface area contributed by atoms with Gasteiger partial charge < -0.3 is 55.8 Å². The number of imidazole rings is 2. The number of rotatable bonds is 20. The smallest absolute Gasteiger partial charge is 1.00 e. The van der Waals surface area contributed by atoms with Crippen molar-refractivity contribution in [1.29, 1.82) is 0 Å². The van der Waals surface area contributed by atoms with Crippen LogP contribution >= 0.6 is 125 Å². The number of carbonyl (C=O) groups is 1. The number of anilines is 2. The Labute approximate surface area is 875 Å². The molecule has 7 unspecified atom stereocenters. The minimum absolute atomic E-state index is 0. The Kier molecular flexibility index (Phi) is 52.7. The van der Waals surface area contributed by atoms with E-state index in [1.165, 1.54) is 13.3 Å². The van der Waals surface area contributed by atoms with Crippen molar-refractivity contribution in [2.75, 3.05) is 59.0 Å². The van der Waals surface area contributed by atoms with E-state index in [0.29, 0.717) is 22.2 Å². The summed E-state index contributed by atoms with van der Waals surface area (Å²) in [6.45, 7) is 32.8. The van der Waals surface area contributed by atoms with Gasteiger partial charge in [-0.15, -0.1) is 34.0 Å². The fourth-order valence-corrected chi connectivity index (χ4v) is 17.0. The Morgan fingerprint density at radius 2 is 0.917 bits per heavy atom. The molecule has 0 saturated carbocycles. The second-order valence-corrected chi connectivity index (χ2v) is 44.8. The molecule has 14 rings (SSSR count). The number of aryl methyl sites for hydroxylation is 2. The standard InChI is InChI=1S/C19H19N5OS.C15H14BrN3OS.C14H21BrO2S.C13H18BrNO2S.C9H12BrNO.C9H9BrO2.C6H3ClN2S.C4H6N2.C4H11NOS.CH4.B.Na.H/c1-12-9-24(11-22-12)16-5-4-14(8-17(16)25-3)13(2)23-18-15-6-7-26-19(15)21-10-20-18;1-9(10-3-4-12(16)13(7-10)20-2)19-14-11-5-6-21-15(11)18-8-17-14;1-10(9-18(16)14(2,3)4)11-6-7-12(15)13(8-11)17-5;1-9(15-18(16)13(2,3)4)10-6-7-11(14)12(8-10)17-5;2*1-6(11)7-3-4-8(10)9(5-7)12-2;7-5-4-1-2-10-6(4)9-3-8-5;1-4-2-5-3-6-4;1-4(2,3)7(5)6;;;;/h4-11,13H,1-3H3,(H,20,21,23);3-9H,1-2H3,(H,17,18,19);6-8,10H,9H2,1-5H3;6-8H,1-5H3;3-6H,11H2,1-2H3;3-5H,1-2H3;1-3H;2-3H,1H3,(H,5,6);5H2,1-3H3;1H4;;;/q;;;;;;;;;;;+1;-1. The van der Waals surface area contributed by atoms with Crippen molar-refractivity contribution < 1.29 is 76.8 Å². The maximum absolute atomic E-state index is 12.1. The Balaban J connectivity index is 0.000000523. The predicted molar refractivity (Wildman–Crippen MR) is 573 cm³/mol. The van der Waals surface area contributed by atoms with Crippen LogP contribution in [0.5, 0.6) is 34.5 Å². The number of fused-ring (bicyclic) bond motifs is 3. The average molecular weight is 2280 g/mol. The van der Waals surface area contributed by atoms with Gasteiger partial charge in [0.25, 0.3) is 0 Å². The fourth-order valence-electron chi connectivity index (χ4n) is 10.7. The number of benzene rings is 6. The second-order valence-electron chi connectivity index (χ2n) is 31.5. The molecule has 39 heteroatoms. The molecule has 8 heterocycles. The summed E-state index contributed by atoms with van der Waals surface area (Å²) in [4.78, 5) is 50.0. The Morgan fingerprint density at radius 3 is 1.30 bits per heavy atom. The van der Waals surface area contributed by atoms with Crippen LogP contribution in [0.15, 0.2) is 214 Å². The molecule has 3 radical (unpaired) electrons. The maximum Gasteiger partial charge on any atom is 1.00 e. The van der Waals surface area contributed by atoms with Crippen LogP contribution in [-0.4, -0.2) is 145 Å². The molecule has 8 aromatic heterocycles. The molecule has 0 amide bonds. The Bertz CT molecular complexity index is 6090. The number of hydrogen-bond acceptors (Lipinski definition) is 24. The van der Waals surface area contributed by atoms with Crippen LogP contribution in [0.25, 0.3) is 36.3 Å². The summed E-state index contributed by atoms with van der Waals surface area (Å²) in [5, 5.41) is 21.5. The van der Waals surface area contributed by atoms with E-state index in [1.807, 2.05) is 208 Å². The van der Waals surface area contributed by atoms with Crippen molar-refractivity contribution in [3.8, 4) is 40.2 Å². The molecular weight excluding hydrogens is 2160 g/mol. The molecule has 133 heavy (non-hydrogen) atoms. The van der Waals surface area contributed by atoms with E-state index in [9.17, 15) is 17.4 Å². The van der Waals surface area contributed by atoms with Crippen LogP contribution in [0.1, 0.15) is 186 Å². The van der Waals surface area contributed by atoms with Gasteiger partial charge in [0.15, 0.2) is 5.78 Å². The summed E-state index contributed by atoms with van der Waals surface area (Å²) >= 11 is 27.5. The molecule has 7 atom stereocenters. The number of aromatic nitrogens is 10. The van der Waals surface area contributed by atoms with E-state index in [4.69, 9.17) is 50.9 Å². The zero-order chi connectivity index (χ0) is 96.5. The minimum atomic E-state index is -1.25. The van der Waals surface area contributed by atoms with Gasteiger partial charge in [0.05, 0.1) is 138 Å². The number of carbonyl (C=O) groups excluding carboxylic acids is 1. The monoisotopic (exact) mass is 2270 g/mol. The molecule has 0 saturated heterocycles. The van der Waals surface area contributed by atoms with Crippen molar-refractivity contribution >= 4 is 220 Å². The van der Waals surface area contributed by atoms with Crippen molar-refractivity contribution in [3.63, 3.8) is 0 Å². The number of ketones is 1. The third-order valence-electron chi connectivity index (χ3n) is 18.5. The van der Waals surface area contributed by atoms with Crippen LogP contribution in [0.3, 0.4) is 0 Å². The first-order valence-electron chi connectivity index (χ1n) is 40.2. The van der Waals surface area contributed by atoms with Crippen LogP contribution in [0, 0.1) is 13.8 Å². The number of nitrogens with zero attached hydrogens (tertiary/aromatic N) is 10. The number of halogens is 6. The minimum Gasteiger partial charge on any atom is -1.00 e. The summed E-state index contributed by atoms with van der Waals surface area (Å²) in [7, 11) is 6.58. The van der Waals surface area contributed by atoms with Gasteiger partial charge in [-0.05, 0) is 326 Å². The first kappa shape index (κ1) is 120. The van der Waals surface area contributed by atoms with E-state index in [-0.39, 0.29) is 90.9 Å². The number of aromatic amines is 1. The van der Waals surface area contributed by atoms with E-state index in [0.717, 1.165) is 144 Å². The predicted octanol–water partition coefficient (Wildman–Crippen LogP) is 22.8. The normalized spacial score (nSPS) is 12.4. The number of thiophene rings is 3. The molecule has 6 aromatic carbocycles. The van der Waals surface area contributed by atoms with Crippen LogP contribution < -0.4 is 79.5 Å². The number of nitrogens with one attached hydrogen (secondary N) is 3. The zero-order valence-corrected chi connectivity index (χ0v) is 94.0. The molecule has 711 valence electrons. The third kappa shape index (κ3) is 38.6. The number of hydrogen-bond donors (Lipinski definition) is 5. The third-order valence-corrected chi connectivity index (χ3v) is 29.4. The van der Waals surface area contributed by atoms with Gasteiger partial charge >= 0.3 is 29.6 Å². The molecule has 0 bridgehead atoms. The Morgan fingerprint density at radius 1 is 0.534 bits per heavy atom. The molecule has 25 nitrogen and oxygen atoms in total.